The summed E-state index contributed by atoms with van der Waals surface area (Å²) in [5.41, 5.74) is 0. The number of carbonyl (C=O) groups excluding carboxylic acids is 1. The lowest BCUT2D eigenvalue weighted by Gasteiger charge is -2.22. The molecule has 4 heteroatoms. The van der Waals surface area contributed by atoms with Crippen LogP contribution in [0.1, 0.15) is 20.3 Å². The molecule has 1 aliphatic heterocycles. The van der Waals surface area contributed by atoms with Crippen molar-refractivity contribution in [1.29, 1.82) is 5.41 Å². The largest absolute Gasteiger partial charge is 0.331 e. The quantitative estimate of drug-likeness (QED) is 0.596. The number of nitrogens with one attached hydrogen (secondary N) is 2. The van der Waals surface area contributed by atoms with Gasteiger partial charge in [-0.05, 0) is 13.3 Å². The Morgan fingerprint density at radius 1 is 1.82 bits per heavy atom. The minimum atomic E-state index is -0.0738. The summed E-state index contributed by atoms with van der Waals surface area (Å²) in [4.78, 5) is 12.6. The number of amides is 1. The molecule has 1 heterocycles. The molecule has 11 heavy (non-hydrogen) atoms. The molecule has 1 rings (SSSR count). The summed E-state index contributed by atoms with van der Waals surface area (Å²) in [7, 11) is 0. The van der Waals surface area contributed by atoms with Gasteiger partial charge in [0, 0.05) is 6.04 Å². The van der Waals surface area contributed by atoms with E-state index in [1.807, 2.05) is 13.8 Å². The number of rotatable bonds is 2. The average Bonchev–Trinajstić information content (AvgIpc) is 2.28. The van der Waals surface area contributed by atoms with E-state index in [1.165, 1.54) is 0 Å². The van der Waals surface area contributed by atoms with E-state index < -0.39 is 0 Å². The highest BCUT2D eigenvalue weighted by atomic mass is 16.2. The second kappa shape index (κ2) is 2.90. The molecule has 0 bridgehead atoms. The average molecular weight is 155 g/mol. The summed E-state index contributed by atoms with van der Waals surface area (Å²) < 4.78 is 0. The van der Waals surface area contributed by atoms with Gasteiger partial charge in [0.05, 0.1) is 0 Å². The molecule has 1 aliphatic rings. The Labute approximate surface area is 66.1 Å². The zero-order chi connectivity index (χ0) is 8.43. The van der Waals surface area contributed by atoms with Gasteiger partial charge in [0.2, 0.25) is 5.91 Å². The normalized spacial score (nSPS) is 20.4. The Balaban J connectivity index is 2.59. The Kier molecular flexibility index (Phi) is 2.12. The summed E-state index contributed by atoms with van der Waals surface area (Å²) in [6.07, 6.45) is 0.956. The first kappa shape index (κ1) is 8.04. The van der Waals surface area contributed by atoms with Gasteiger partial charge in [-0.3, -0.25) is 15.5 Å². The monoisotopic (exact) mass is 155 g/mol. The van der Waals surface area contributed by atoms with Gasteiger partial charge in [0.1, 0.15) is 6.54 Å². The fraction of sp³-hybridized carbons (Fsp3) is 0.714. The first-order chi connectivity index (χ1) is 5.15. The Hall–Kier alpha value is -1.06. The molecule has 1 fully saturated rings. The summed E-state index contributed by atoms with van der Waals surface area (Å²) in [6, 6.07) is 0.279. The zero-order valence-corrected chi connectivity index (χ0v) is 6.85. The van der Waals surface area contributed by atoms with E-state index in [4.69, 9.17) is 5.41 Å². The van der Waals surface area contributed by atoms with Crippen LogP contribution < -0.4 is 5.32 Å². The molecule has 0 spiro atoms. The van der Waals surface area contributed by atoms with Crippen molar-refractivity contribution in [1.82, 2.24) is 10.2 Å². The van der Waals surface area contributed by atoms with Crippen molar-refractivity contribution >= 4 is 11.9 Å². The van der Waals surface area contributed by atoms with Gasteiger partial charge in [-0.15, -0.1) is 0 Å². The highest BCUT2D eigenvalue weighted by molar-refractivity contribution is 6.03. The Bertz CT molecular complexity index is 190. The lowest BCUT2D eigenvalue weighted by molar-refractivity contribution is -0.118. The van der Waals surface area contributed by atoms with Gasteiger partial charge < -0.3 is 4.90 Å². The second-order valence-corrected chi connectivity index (χ2v) is 2.78. The zero-order valence-electron chi connectivity index (χ0n) is 6.85. The van der Waals surface area contributed by atoms with Crippen molar-refractivity contribution in [3.63, 3.8) is 0 Å². The molecular formula is C7H13N3O. The number of nitrogens with zero attached hydrogens (tertiary/aromatic N) is 1. The number of guanidine groups is 1. The fourth-order valence-electron chi connectivity index (χ4n) is 1.07. The van der Waals surface area contributed by atoms with Crippen molar-refractivity contribution < 1.29 is 4.79 Å². The van der Waals surface area contributed by atoms with Crippen LogP contribution >= 0.6 is 0 Å². The van der Waals surface area contributed by atoms with Gasteiger partial charge in [-0.1, -0.05) is 6.92 Å². The molecular weight excluding hydrogens is 142 g/mol. The van der Waals surface area contributed by atoms with Crippen LogP contribution in [0.3, 0.4) is 0 Å². The van der Waals surface area contributed by atoms with Crippen LogP contribution in [0.5, 0.6) is 0 Å². The van der Waals surface area contributed by atoms with Crippen LogP contribution in [0, 0.1) is 5.41 Å². The van der Waals surface area contributed by atoms with Gasteiger partial charge in [-0.25, -0.2) is 0 Å². The number of hydrogen-bond acceptors (Lipinski definition) is 2. The van der Waals surface area contributed by atoms with Crippen molar-refractivity contribution in [2.24, 2.45) is 0 Å². The molecule has 0 aliphatic carbocycles. The van der Waals surface area contributed by atoms with E-state index in [0.29, 0.717) is 6.54 Å². The third-order valence-corrected chi connectivity index (χ3v) is 1.98. The molecule has 4 nitrogen and oxygen atoms in total. The summed E-state index contributed by atoms with van der Waals surface area (Å²) in [6.45, 7) is 4.39. The lowest BCUT2D eigenvalue weighted by Crippen LogP contribution is -2.36. The topological polar surface area (TPSA) is 56.2 Å². The molecule has 0 radical (unpaired) electrons. The molecule has 1 saturated heterocycles. The first-order valence-corrected chi connectivity index (χ1v) is 3.80. The minimum absolute atomic E-state index is 0.0738. The van der Waals surface area contributed by atoms with E-state index in [-0.39, 0.29) is 17.9 Å². The van der Waals surface area contributed by atoms with Gasteiger partial charge >= 0.3 is 0 Å². The third kappa shape index (κ3) is 1.50. The van der Waals surface area contributed by atoms with E-state index in [9.17, 15) is 4.79 Å². The van der Waals surface area contributed by atoms with E-state index in [0.717, 1.165) is 6.42 Å². The van der Waals surface area contributed by atoms with E-state index in [1.54, 1.807) is 4.90 Å². The highest BCUT2D eigenvalue weighted by Gasteiger charge is 2.26. The molecule has 62 valence electrons. The van der Waals surface area contributed by atoms with Crippen LogP contribution in [-0.2, 0) is 4.79 Å². The second-order valence-electron chi connectivity index (χ2n) is 2.78. The fourth-order valence-corrected chi connectivity index (χ4v) is 1.07. The number of hydrogen-bond donors (Lipinski definition) is 2. The van der Waals surface area contributed by atoms with E-state index in [2.05, 4.69) is 5.32 Å². The van der Waals surface area contributed by atoms with Crippen LogP contribution in [0.2, 0.25) is 0 Å². The summed E-state index contributed by atoms with van der Waals surface area (Å²) in [5.74, 6) is 0.166. The molecule has 1 atom stereocenters. The van der Waals surface area contributed by atoms with Crippen LogP contribution in [0.15, 0.2) is 0 Å². The van der Waals surface area contributed by atoms with Crippen molar-refractivity contribution in [2.45, 2.75) is 26.3 Å². The third-order valence-electron chi connectivity index (χ3n) is 1.98. The SMILES string of the molecule is CCC(C)N1CC(=O)NC1=N. The molecule has 1 unspecified atom stereocenters. The highest BCUT2D eigenvalue weighted by Crippen LogP contribution is 2.06. The molecule has 0 aromatic rings. The van der Waals surface area contributed by atoms with Gasteiger partial charge in [-0.2, -0.15) is 0 Å². The van der Waals surface area contributed by atoms with Crippen LogP contribution in [0.25, 0.3) is 0 Å². The van der Waals surface area contributed by atoms with E-state index >= 15 is 0 Å². The molecule has 0 saturated carbocycles. The minimum Gasteiger partial charge on any atom is -0.331 e. The number of carbonyl (C=O) groups is 1. The molecule has 0 aromatic carbocycles. The van der Waals surface area contributed by atoms with Crippen LogP contribution in [0.4, 0.5) is 0 Å². The first-order valence-electron chi connectivity index (χ1n) is 3.80. The maximum Gasteiger partial charge on any atom is 0.246 e. The summed E-state index contributed by atoms with van der Waals surface area (Å²) in [5, 5.41) is 9.82. The lowest BCUT2D eigenvalue weighted by atomic mass is 10.2. The molecule has 1 amide bonds. The predicted molar refractivity (Wildman–Crippen MR) is 42.3 cm³/mol. The standard InChI is InChI=1S/C7H13N3O/c1-3-5(2)10-4-6(11)9-7(10)8/h5H,3-4H2,1-2H3,(H2,8,9,11). The van der Waals surface area contributed by atoms with Crippen LogP contribution in [-0.4, -0.2) is 29.4 Å². The molecule has 2 N–H and O–H groups in total. The van der Waals surface area contributed by atoms with Crippen molar-refractivity contribution in [3.05, 3.63) is 0 Å². The maximum absolute atomic E-state index is 10.8. The Morgan fingerprint density at radius 3 is 2.82 bits per heavy atom. The molecule has 0 aromatic heterocycles. The Morgan fingerprint density at radius 2 is 2.45 bits per heavy atom. The van der Waals surface area contributed by atoms with Gasteiger partial charge in [0.15, 0.2) is 5.96 Å². The smallest absolute Gasteiger partial charge is 0.246 e. The van der Waals surface area contributed by atoms with Crippen molar-refractivity contribution in [3.8, 4) is 0 Å². The van der Waals surface area contributed by atoms with Gasteiger partial charge in [0.25, 0.3) is 0 Å². The summed E-state index contributed by atoms with van der Waals surface area (Å²) >= 11 is 0. The predicted octanol–water partition coefficient (Wildman–Crippen LogP) is 0.151. The van der Waals surface area contributed by atoms with Crippen molar-refractivity contribution in [2.75, 3.05) is 6.54 Å². The maximum atomic E-state index is 10.8.